The zero-order chi connectivity index (χ0) is 14.2. The molecule has 0 unspecified atom stereocenters. The molecule has 0 aromatic carbocycles. The van der Waals surface area contributed by atoms with E-state index in [9.17, 15) is 4.79 Å². The maximum Gasteiger partial charge on any atom is 0.306 e. The van der Waals surface area contributed by atoms with Crippen LogP contribution in [-0.2, 0) is 9.53 Å². The summed E-state index contributed by atoms with van der Waals surface area (Å²) in [5.74, 6) is 3.04. The molecule has 0 heterocycles. The van der Waals surface area contributed by atoms with E-state index < -0.39 is 0 Å². The van der Waals surface area contributed by atoms with Crippen LogP contribution in [0.2, 0.25) is 0 Å². The number of hydrogen-bond acceptors (Lipinski definition) is 3. The first-order valence-electron chi connectivity index (χ1n) is 8.34. The third-order valence-corrected chi connectivity index (χ3v) is 6.11. The predicted octanol–water partition coefficient (Wildman–Crippen LogP) is 3.09. The quantitative estimate of drug-likeness (QED) is 0.700. The van der Waals surface area contributed by atoms with E-state index in [0.29, 0.717) is 11.8 Å². The van der Waals surface area contributed by atoms with Gasteiger partial charge in [-0.25, -0.2) is 0 Å². The summed E-state index contributed by atoms with van der Waals surface area (Å²) in [6.45, 7) is 1.97. The molecular formula is C17H29NO2. The molecule has 0 amide bonds. The van der Waals surface area contributed by atoms with Crippen molar-refractivity contribution in [2.45, 2.75) is 51.4 Å². The van der Waals surface area contributed by atoms with Crippen molar-refractivity contribution in [1.82, 2.24) is 4.90 Å². The highest BCUT2D eigenvalue weighted by Crippen LogP contribution is 2.61. The Morgan fingerprint density at radius 2 is 1.65 bits per heavy atom. The number of carbonyl (C=O) groups excluding carboxylic acids is 1. The maximum atomic E-state index is 11.2. The van der Waals surface area contributed by atoms with E-state index in [4.69, 9.17) is 4.74 Å². The molecule has 4 fully saturated rings. The van der Waals surface area contributed by atoms with Crippen LogP contribution in [0.4, 0.5) is 0 Å². The number of ether oxygens (including phenoxy) is 1. The van der Waals surface area contributed by atoms with Crippen molar-refractivity contribution >= 4 is 5.97 Å². The minimum Gasteiger partial charge on any atom is -0.469 e. The van der Waals surface area contributed by atoms with Crippen LogP contribution in [0.1, 0.15) is 51.4 Å². The van der Waals surface area contributed by atoms with Crippen LogP contribution in [0.5, 0.6) is 0 Å². The molecule has 0 radical (unpaired) electrons. The second-order valence-electron chi connectivity index (χ2n) is 7.80. The second-order valence-corrected chi connectivity index (χ2v) is 7.80. The number of carbonyl (C=O) groups is 1. The van der Waals surface area contributed by atoms with Crippen LogP contribution in [0.3, 0.4) is 0 Å². The van der Waals surface area contributed by atoms with Gasteiger partial charge in [0.2, 0.25) is 0 Å². The van der Waals surface area contributed by atoms with E-state index >= 15 is 0 Å². The number of methoxy groups -OCH3 is 1. The van der Waals surface area contributed by atoms with E-state index in [1.807, 2.05) is 0 Å². The van der Waals surface area contributed by atoms with Crippen LogP contribution < -0.4 is 0 Å². The third-order valence-electron chi connectivity index (χ3n) is 6.11. The summed E-state index contributed by atoms with van der Waals surface area (Å²) in [5.41, 5.74) is 0.661. The van der Waals surface area contributed by atoms with Crippen LogP contribution >= 0.6 is 0 Å². The Kier molecular flexibility index (Phi) is 4.07. The maximum absolute atomic E-state index is 11.2. The average molecular weight is 279 g/mol. The van der Waals surface area contributed by atoms with Gasteiger partial charge in [0.15, 0.2) is 0 Å². The first kappa shape index (κ1) is 14.4. The molecule has 114 valence electrons. The summed E-state index contributed by atoms with van der Waals surface area (Å²) in [4.78, 5) is 13.5. The first-order valence-corrected chi connectivity index (χ1v) is 8.34. The molecule has 20 heavy (non-hydrogen) atoms. The Morgan fingerprint density at radius 3 is 2.15 bits per heavy atom. The zero-order valence-corrected chi connectivity index (χ0v) is 13.1. The topological polar surface area (TPSA) is 29.5 Å². The number of hydrogen-bond donors (Lipinski definition) is 0. The molecule has 4 aliphatic carbocycles. The van der Waals surface area contributed by atoms with Gasteiger partial charge >= 0.3 is 5.97 Å². The van der Waals surface area contributed by atoms with Crippen LogP contribution in [0, 0.1) is 23.2 Å². The molecule has 4 aliphatic rings. The fourth-order valence-electron chi connectivity index (χ4n) is 5.52. The molecule has 3 nitrogen and oxygen atoms in total. The Hall–Kier alpha value is -0.570. The van der Waals surface area contributed by atoms with Crippen molar-refractivity contribution in [3.8, 4) is 0 Å². The van der Waals surface area contributed by atoms with Gasteiger partial charge in [-0.05, 0) is 81.7 Å². The number of rotatable bonds is 6. The summed E-state index contributed by atoms with van der Waals surface area (Å²) in [7, 11) is 3.61. The molecule has 0 aliphatic heterocycles. The van der Waals surface area contributed by atoms with E-state index in [1.165, 1.54) is 52.1 Å². The van der Waals surface area contributed by atoms with Gasteiger partial charge in [-0.1, -0.05) is 0 Å². The minimum absolute atomic E-state index is 0.0911. The van der Waals surface area contributed by atoms with Crippen LogP contribution in [-0.4, -0.2) is 38.1 Å². The molecule has 0 atom stereocenters. The smallest absolute Gasteiger partial charge is 0.306 e. The highest BCUT2D eigenvalue weighted by atomic mass is 16.5. The summed E-state index contributed by atoms with van der Waals surface area (Å²) in [6, 6.07) is 0. The lowest BCUT2D eigenvalue weighted by molar-refractivity contribution is -0.140. The Labute approximate surface area is 123 Å². The Balaban J connectivity index is 1.47. The van der Waals surface area contributed by atoms with Gasteiger partial charge in [-0.2, -0.15) is 0 Å². The van der Waals surface area contributed by atoms with Crippen LogP contribution in [0.25, 0.3) is 0 Å². The van der Waals surface area contributed by atoms with Gasteiger partial charge in [0, 0.05) is 6.54 Å². The summed E-state index contributed by atoms with van der Waals surface area (Å²) in [6.07, 6.45) is 10.9. The van der Waals surface area contributed by atoms with Crippen molar-refractivity contribution in [2.75, 3.05) is 27.2 Å². The van der Waals surface area contributed by atoms with Gasteiger partial charge in [0.1, 0.15) is 0 Å². The fraction of sp³-hybridized carbons (Fsp3) is 0.941. The van der Waals surface area contributed by atoms with Crippen molar-refractivity contribution < 1.29 is 9.53 Å². The van der Waals surface area contributed by atoms with Gasteiger partial charge < -0.3 is 9.64 Å². The monoisotopic (exact) mass is 279 g/mol. The molecule has 4 bridgehead atoms. The second kappa shape index (κ2) is 5.67. The van der Waals surface area contributed by atoms with Gasteiger partial charge in [0.05, 0.1) is 13.5 Å². The van der Waals surface area contributed by atoms with Gasteiger partial charge in [-0.15, -0.1) is 0 Å². The molecule has 4 saturated carbocycles. The van der Waals surface area contributed by atoms with Crippen LogP contribution in [0.15, 0.2) is 0 Å². The third kappa shape index (κ3) is 3.03. The summed E-state index contributed by atoms with van der Waals surface area (Å²) >= 11 is 0. The van der Waals surface area contributed by atoms with E-state index in [1.54, 1.807) is 0 Å². The zero-order valence-electron chi connectivity index (χ0n) is 13.1. The Morgan fingerprint density at radius 1 is 1.10 bits per heavy atom. The highest BCUT2D eigenvalue weighted by Gasteiger charge is 2.50. The highest BCUT2D eigenvalue weighted by molar-refractivity contribution is 5.69. The lowest BCUT2D eigenvalue weighted by Crippen LogP contribution is -2.47. The molecule has 0 saturated heterocycles. The molecule has 0 aromatic rings. The SMILES string of the molecule is COC(=O)CCN(C)CCC12CC3CC(CC(C3)C1)C2. The standard InChI is InChI=1S/C17H29NO2/c1-18(5-3-16(19)20-2)6-4-17-10-13-7-14(11-17)9-15(8-13)12-17/h13-15H,3-12H2,1-2H3. The largest absolute Gasteiger partial charge is 0.469 e. The lowest BCUT2D eigenvalue weighted by atomic mass is 9.49. The summed E-state index contributed by atoms with van der Waals surface area (Å²) < 4.78 is 4.71. The van der Waals surface area contributed by atoms with Gasteiger partial charge in [0.25, 0.3) is 0 Å². The van der Waals surface area contributed by atoms with Crippen molar-refractivity contribution in [3.05, 3.63) is 0 Å². The molecule has 3 heteroatoms. The van der Waals surface area contributed by atoms with E-state index in [2.05, 4.69) is 11.9 Å². The van der Waals surface area contributed by atoms with Crippen molar-refractivity contribution in [3.63, 3.8) is 0 Å². The lowest BCUT2D eigenvalue weighted by Gasteiger charge is -2.57. The summed E-state index contributed by atoms with van der Waals surface area (Å²) in [5, 5.41) is 0. The average Bonchev–Trinajstić information content (AvgIpc) is 2.41. The number of esters is 1. The molecule has 0 spiro atoms. The normalized spacial score (nSPS) is 38.5. The van der Waals surface area contributed by atoms with E-state index in [0.717, 1.165) is 30.8 Å². The van der Waals surface area contributed by atoms with Gasteiger partial charge in [-0.3, -0.25) is 4.79 Å². The van der Waals surface area contributed by atoms with E-state index in [-0.39, 0.29) is 5.97 Å². The Bertz CT molecular complexity index is 331. The number of nitrogens with zero attached hydrogens (tertiary/aromatic N) is 1. The molecule has 4 rings (SSSR count). The minimum atomic E-state index is -0.0911. The molecule has 0 aromatic heterocycles. The molecule has 0 N–H and O–H groups in total. The van der Waals surface area contributed by atoms with Crippen molar-refractivity contribution in [2.24, 2.45) is 23.2 Å². The predicted molar refractivity (Wildman–Crippen MR) is 79.4 cm³/mol. The fourth-order valence-corrected chi connectivity index (χ4v) is 5.52. The first-order chi connectivity index (χ1) is 9.58. The molecular weight excluding hydrogens is 250 g/mol. The van der Waals surface area contributed by atoms with Crippen molar-refractivity contribution in [1.29, 1.82) is 0 Å².